The van der Waals surface area contributed by atoms with Crippen molar-refractivity contribution in [1.82, 2.24) is 24.9 Å². The van der Waals surface area contributed by atoms with Crippen LogP contribution in [-0.4, -0.2) is 63.6 Å². The van der Waals surface area contributed by atoms with Gasteiger partial charge in [-0.3, -0.25) is 14.7 Å². The first kappa shape index (κ1) is 18.3. The summed E-state index contributed by atoms with van der Waals surface area (Å²) in [6.07, 6.45) is 6.22. The van der Waals surface area contributed by atoms with Crippen LogP contribution in [0.5, 0.6) is 5.75 Å². The fourth-order valence-electron chi connectivity index (χ4n) is 3.20. The number of aryl methyl sites for hydroxylation is 1. The van der Waals surface area contributed by atoms with Crippen LogP contribution in [0.1, 0.15) is 31.0 Å². The van der Waals surface area contributed by atoms with E-state index in [0.717, 1.165) is 32.4 Å². The molecule has 0 N–H and O–H groups in total. The molecule has 2 aromatic rings. The fraction of sp³-hybridized carbons (Fsp3) is 0.556. The topological polar surface area (TPSA) is 84.6 Å². The lowest BCUT2D eigenvalue weighted by atomic mass is 10.1. The van der Waals surface area contributed by atoms with Crippen LogP contribution in [-0.2, 0) is 11.3 Å². The Balaban J connectivity index is 1.47. The van der Waals surface area contributed by atoms with Crippen LogP contribution in [0.4, 0.5) is 0 Å². The Bertz CT molecular complexity index is 706. The lowest BCUT2D eigenvalue weighted by Crippen LogP contribution is -2.37. The highest BCUT2D eigenvalue weighted by Gasteiger charge is 2.24. The number of hydrogen-bond acceptors (Lipinski definition) is 7. The molecule has 0 saturated carbocycles. The van der Waals surface area contributed by atoms with Crippen molar-refractivity contribution >= 4 is 5.91 Å². The summed E-state index contributed by atoms with van der Waals surface area (Å²) in [6, 6.07) is 3.98. The summed E-state index contributed by atoms with van der Waals surface area (Å²) in [7, 11) is 2.07. The van der Waals surface area contributed by atoms with Gasteiger partial charge in [0.1, 0.15) is 5.75 Å². The molecule has 1 fully saturated rings. The highest BCUT2D eigenvalue weighted by atomic mass is 16.5. The number of ether oxygens (including phenoxy) is 1. The third-order valence-electron chi connectivity index (χ3n) is 4.63. The number of nitrogens with zero attached hydrogens (tertiary/aromatic N) is 5. The minimum atomic E-state index is 0.0194. The van der Waals surface area contributed by atoms with Gasteiger partial charge in [-0.25, -0.2) is 0 Å². The Morgan fingerprint density at radius 2 is 2.31 bits per heavy atom. The highest BCUT2D eigenvalue weighted by Crippen LogP contribution is 2.18. The van der Waals surface area contributed by atoms with E-state index < -0.39 is 0 Å². The van der Waals surface area contributed by atoms with Gasteiger partial charge < -0.3 is 14.2 Å². The number of hydrogen-bond donors (Lipinski definition) is 0. The van der Waals surface area contributed by atoms with Crippen molar-refractivity contribution in [2.45, 2.75) is 38.8 Å². The minimum absolute atomic E-state index is 0.0194. The Hall–Kier alpha value is -2.48. The zero-order valence-electron chi connectivity index (χ0n) is 15.3. The molecule has 0 aromatic carbocycles. The zero-order valence-corrected chi connectivity index (χ0v) is 15.3. The van der Waals surface area contributed by atoms with Crippen molar-refractivity contribution in [3.63, 3.8) is 0 Å². The Labute approximate surface area is 153 Å². The van der Waals surface area contributed by atoms with Crippen molar-refractivity contribution in [2.75, 3.05) is 26.7 Å². The lowest BCUT2D eigenvalue weighted by Gasteiger charge is -2.26. The van der Waals surface area contributed by atoms with Gasteiger partial charge in [0, 0.05) is 32.3 Å². The quantitative estimate of drug-likeness (QED) is 0.775. The molecule has 0 aliphatic carbocycles. The van der Waals surface area contributed by atoms with E-state index in [2.05, 4.69) is 27.1 Å². The Kier molecular flexibility index (Phi) is 6.17. The molecule has 3 heterocycles. The van der Waals surface area contributed by atoms with E-state index in [0.29, 0.717) is 30.1 Å². The average molecular weight is 359 g/mol. The number of carbonyl (C=O) groups excluding carboxylic acids is 1. The van der Waals surface area contributed by atoms with Crippen molar-refractivity contribution in [3.05, 3.63) is 36.2 Å². The normalized spacial score (nSPS) is 18.0. The molecule has 140 valence electrons. The van der Waals surface area contributed by atoms with E-state index in [1.54, 1.807) is 31.5 Å². The molecular formula is C18H25N5O3. The van der Waals surface area contributed by atoms with Crippen LogP contribution in [0.2, 0.25) is 0 Å². The van der Waals surface area contributed by atoms with Crippen LogP contribution < -0.4 is 4.74 Å². The van der Waals surface area contributed by atoms with Gasteiger partial charge in [-0.1, -0.05) is 5.16 Å². The van der Waals surface area contributed by atoms with E-state index in [9.17, 15) is 4.79 Å². The summed E-state index contributed by atoms with van der Waals surface area (Å²) in [5.74, 6) is 1.92. The molecular weight excluding hydrogens is 334 g/mol. The SMILES string of the molecule is Cc1nc(CN(C)[C@@H]2CCCN(C(=O)COc3cccnc3)CC2)no1. The molecule has 1 aliphatic heterocycles. The van der Waals surface area contributed by atoms with E-state index in [1.165, 1.54) is 0 Å². The molecule has 1 saturated heterocycles. The van der Waals surface area contributed by atoms with E-state index in [4.69, 9.17) is 9.26 Å². The number of aromatic nitrogens is 3. The molecule has 1 amide bonds. The van der Waals surface area contributed by atoms with E-state index in [1.807, 2.05) is 4.90 Å². The molecule has 0 radical (unpaired) electrons. The third-order valence-corrected chi connectivity index (χ3v) is 4.63. The molecule has 8 heteroatoms. The number of rotatable bonds is 6. The second kappa shape index (κ2) is 8.75. The summed E-state index contributed by atoms with van der Waals surface area (Å²) in [5.41, 5.74) is 0. The average Bonchev–Trinajstić information content (AvgIpc) is 2.91. The summed E-state index contributed by atoms with van der Waals surface area (Å²) in [5, 5.41) is 3.96. The predicted octanol–water partition coefficient (Wildman–Crippen LogP) is 1.66. The number of pyridine rings is 1. The Morgan fingerprint density at radius 1 is 1.42 bits per heavy atom. The molecule has 1 aliphatic rings. The second-order valence-electron chi connectivity index (χ2n) is 6.59. The second-order valence-corrected chi connectivity index (χ2v) is 6.59. The monoisotopic (exact) mass is 359 g/mol. The summed E-state index contributed by atoms with van der Waals surface area (Å²) in [4.78, 5) is 24.8. The van der Waals surface area contributed by atoms with Crippen molar-refractivity contribution < 1.29 is 14.1 Å². The van der Waals surface area contributed by atoms with Gasteiger partial charge in [-0.15, -0.1) is 0 Å². The van der Waals surface area contributed by atoms with Gasteiger partial charge in [0.25, 0.3) is 5.91 Å². The number of likely N-dealkylation sites (tertiary alicyclic amines) is 1. The molecule has 0 spiro atoms. The van der Waals surface area contributed by atoms with Gasteiger partial charge in [0.15, 0.2) is 12.4 Å². The molecule has 26 heavy (non-hydrogen) atoms. The third kappa shape index (κ3) is 5.01. The number of carbonyl (C=O) groups is 1. The van der Waals surface area contributed by atoms with Crippen molar-refractivity contribution in [2.24, 2.45) is 0 Å². The fourth-order valence-corrected chi connectivity index (χ4v) is 3.20. The molecule has 1 atom stereocenters. The van der Waals surface area contributed by atoms with Crippen LogP contribution in [0.25, 0.3) is 0 Å². The predicted molar refractivity (Wildman–Crippen MR) is 94.5 cm³/mol. The maximum Gasteiger partial charge on any atom is 0.260 e. The highest BCUT2D eigenvalue weighted by molar-refractivity contribution is 5.77. The van der Waals surface area contributed by atoms with Crippen molar-refractivity contribution in [3.8, 4) is 5.75 Å². The van der Waals surface area contributed by atoms with Gasteiger partial charge in [-0.05, 0) is 38.4 Å². The maximum absolute atomic E-state index is 12.4. The van der Waals surface area contributed by atoms with Gasteiger partial charge in [0.05, 0.1) is 12.7 Å². The zero-order chi connectivity index (χ0) is 18.4. The van der Waals surface area contributed by atoms with Crippen molar-refractivity contribution in [1.29, 1.82) is 0 Å². The first-order valence-electron chi connectivity index (χ1n) is 8.92. The van der Waals surface area contributed by atoms with E-state index >= 15 is 0 Å². The standard InChI is InChI=1S/C18H25N5O3/c1-14-20-17(21-26-14)12-22(2)15-5-4-9-23(10-7-15)18(24)13-25-16-6-3-8-19-11-16/h3,6,8,11,15H,4-5,7,9-10,12-13H2,1-2H3/t15-/m1/s1. The lowest BCUT2D eigenvalue weighted by molar-refractivity contribution is -0.133. The molecule has 3 rings (SSSR count). The summed E-state index contributed by atoms with van der Waals surface area (Å²) in [6.45, 7) is 3.99. The van der Waals surface area contributed by atoms with Crippen LogP contribution >= 0.6 is 0 Å². The van der Waals surface area contributed by atoms with Crippen LogP contribution in [0.15, 0.2) is 29.0 Å². The van der Waals surface area contributed by atoms with Gasteiger partial charge in [0.2, 0.25) is 5.89 Å². The minimum Gasteiger partial charge on any atom is -0.482 e. The Morgan fingerprint density at radius 3 is 3.04 bits per heavy atom. The molecule has 2 aromatic heterocycles. The van der Waals surface area contributed by atoms with Crippen LogP contribution in [0, 0.1) is 6.92 Å². The van der Waals surface area contributed by atoms with Gasteiger partial charge in [-0.2, -0.15) is 4.98 Å². The van der Waals surface area contributed by atoms with Crippen LogP contribution in [0.3, 0.4) is 0 Å². The van der Waals surface area contributed by atoms with Gasteiger partial charge >= 0.3 is 0 Å². The molecule has 0 unspecified atom stereocenters. The first-order valence-corrected chi connectivity index (χ1v) is 8.92. The van der Waals surface area contributed by atoms with E-state index in [-0.39, 0.29) is 12.5 Å². The first-order chi connectivity index (χ1) is 12.6. The summed E-state index contributed by atoms with van der Waals surface area (Å²) >= 11 is 0. The smallest absolute Gasteiger partial charge is 0.260 e. The number of amides is 1. The molecule has 8 nitrogen and oxygen atoms in total. The largest absolute Gasteiger partial charge is 0.482 e. The summed E-state index contributed by atoms with van der Waals surface area (Å²) < 4.78 is 10.6. The molecule has 0 bridgehead atoms. The maximum atomic E-state index is 12.4.